The minimum atomic E-state index is -0.0583. The van der Waals surface area contributed by atoms with E-state index in [-0.39, 0.29) is 12.5 Å². The molecule has 7 nitrogen and oxygen atoms in total. The van der Waals surface area contributed by atoms with E-state index in [0.29, 0.717) is 30.0 Å². The molecule has 1 amide bonds. The average Bonchev–Trinajstić information content (AvgIpc) is 3.36. The van der Waals surface area contributed by atoms with E-state index in [1.165, 1.54) is 0 Å². The summed E-state index contributed by atoms with van der Waals surface area (Å²) in [6.45, 7) is 2.76. The van der Waals surface area contributed by atoms with Crippen LogP contribution in [0.4, 0.5) is 5.69 Å². The molecule has 0 radical (unpaired) electrons. The van der Waals surface area contributed by atoms with Crippen molar-refractivity contribution in [2.45, 2.75) is 25.8 Å². The molecule has 126 valence electrons. The van der Waals surface area contributed by atoms with E-state index in [1.54, 1.807) is 14.2 Å². The van der Waals surface area contributed by atoms with Gasteiger partial charge in [-0.05, 0) is 31.9 Å². The number of rotatable bonds is 7. The first-order valence-corrected chi connectivity index (χ1v) is 7.73. The second-order valence-electron chi connectivity index (χ2n) is 5.23. The van der Waals surface area contributed by atoms with Crippen LogP contribution in [0.2, 0.25) is 0 Å². The molecule has 0 atom stereocenters. The fraction of sp³-hybridized carbons (Fsp3) is 0.500. The minimum Gasteiger partial charge on any atom is -0.493 e. The third kappa shape index (κ3) is 5.36. The highest BCUT2D eigenvalue weighted by molar-refractivity contribution is 5.95. The smallest absolute Gasteiger partial charge is 0.242 e. The largest absolute Gasteiger partial charge is 0.493 e. The monoisotopic (exact) mass is 320 g/mol. The molecule has 0 saturated heterocycles. The van der Waals surface area contributed by atoms with E-state index >= 15 is 0 Å². The van der Waals surface area contributed by atoms with Crippen LogP contribution in [0.1, 0.15) is 19.8 Å². The van der Waals surface area contributed by atoms with Crippen LogP contribution in [0, 0.1) is 0 Å². The van der Waals surface area contributed by atoms with Gasteiger partial charge in [0.05, 0.1) is 14.2 Å². The van der Waals surface area contributed by atoms with Crippen molar-refractivity contribution in [3.63, 3.8) is 0 Å². The lowest BCUT2D eigenvalue weighted by atomic mass is 10.3. The van der Waals surface area contributed by atoms with E-state index in [4.69, 9.17) is 9.47 Å². The van der Waals surface area contributed by atoms with Crippen molar-refractivity contribution in [3.8, 4) is 11.5 Å². The van der Waals surface area contributed by atoms with Crippen molar-refractivity contribution < 1.29 is 14.3 Å². The Morgan fingerprint density at radius 3 is 2.61 bits per heavy atom. The fourth-order valence-corrected chi connectivity index (χ4v) is 2.01. The molecule has 2 rings (SSSR count). The predicted octanol–water partition coefficient (Wildman–Crippen LogP) is 1.36. The number of hydrogen-bond acceptors (Lipinski definition) is 4. The van der Waals surface area contributed by atoms with E-state index in [2.05, 4.69) is 20.9 Å². The molecule has 3 N–H and O–H groups in total. The molecular formula is C16H24N4O3. The first-order chi connectivity index (χ1) is 11.2. The van der Waals surface area contributed by atoms with E-state index < -0.39 is 0 Å². The molecule has 1 aliphatic carbocycles. The highest BCUT2D eigenvalue weighted by atomic mass is 16.5. The number of methoxy groups -OCH3 is 2. The van der Waals surface area contributed by atoms with Gasteiger partial charge >= 0.3 is 0 Å². The maximum Gasteiger partial charge on any atom is 0.242 e. The molecule has 1 fully saturated rings. The summed E-state index contributed by atoms with van der Waals surface area (Å²) >= 11 is 0. The van der Waals surface area contributed by atoms with Gasteiger partial charge in [0, 0.05) is 24.3 Å². The van der Waals surface area contributed by atoms with Crippen molar-refractivity contribution in [1.29, 1.82) is 0 Å². The minimum absolute atomic E-state index is 0.0583. The number of nitrogens with zero attached hydrogens (tertiary/aromatic N) is 1. The summed E-state index contributed by atoms with van der Waals surface area (Å²) in [5, 5.41) is 9.17. The summed E-state index contributed by atoms with van der Waals surface area (Å²) < 4.78 is 10.5. The van der Waals surface area contributed by atoms with Crippen molar-refractivity contribution in [2.75, 3.05) is 32.6 Å². The van der Waals surface area contributed by atoms with Crippen LogP contribution in [-0.4, -0.2) is 45.2 Å². The molecule has 0 aromatic heterocycles. The molecule has 1 aliphatic rings. The number of carbonyl (C=O) groups is 1. The van der Waals surface area contributed by atoms with Gasteiger partial charge in [0.1, 0.15) is 6.54 Å². The number of carbonyl (C=O) groups excluding carboxylic acids is 1. The third-order valence-corrected chi connectivity index (χ3v) is 3.31. The molecular weight excluding hydrogens is 296 g/mol. The van der Waals surface area contributed by atoms with Crippen molar-refractivity contribution in [2.24, 2.45) is 4.99 Å². The number of amides is 1. The van der Waals surface area contributed by atoms with Gasteiger partial charge in [-0.3, -0.25) is 4.79 Å². The Hall–Kier alpha value is -2.44. The Balaban J connectivity index is 2.01. The van der Waals surface area contributed by atoms with Crippen molar-refractivity contribution in [1.82, 2.24) is 10.6 Å². The second-order valence-corrected chi connectivity index (χ2v) is 5.23. The lowest BCUT2D eigenvalue weighted by Gasteiger charge is -2.13. The topological polar surface area (TPSA) is 84.0 Å². The number of nitrogens with one attached hydrogen (secondary N) is 3. The molecule has 0 aliphatic heterocycles. The quantitative estimate of drug-likeness (QED) is 0.522. The maximum atomic E-state index is 11.7. The van der Waals surface area contributed by atoms with Gasteiger partial charge < -0.3 is 25.4 Å². The summed E-state index contributed by atoms with van der Waals surface area (Å²) in [5.41, 5.74) is 0.796. The van der Waals surface area contributed by atoms with Crippen LogP contribution < -0.4 is 25.4 Å². The zero-order valence-corrected chi connectivity index (χ0v) is 13.8. The molecule has 1 aromatic carbocycles. The summed E-state index contributed by atoms with van der Waals surface area (Å²) in [6, 6.07) is 5.83. The Bertz CT molecular complexity index is 570. The number of aliphatic imine (C=N–C) groups is 1. The number of hydrogen-bond donors (Lipinski definition) is 3. The van der Waals surface area contributed by atoms with Crippen LogP contribution in [0.5, 0.6) is 11.5 Å². The van der Waals surface area contributed by atoms with Gasteiger partial charge in [-0.2, -0.15) is 0 Å². The zero-order valence-electron chi connectivity index (χ0n) is 13.8. The van der Waals surface area contributed by atoms with Gasteiger partial charge in [0.25, 0.3) is 0 Å². The first kappa shape index (κ1) is 16.9. The molecule has 1 saturated carbocycles. The van der Waals surface area contributed by atoms with Crippen LogP contribution in [0.15, 0.2) is 23.2 Å². The normalized spacial score (nSPS) is 14.1. The highest BCUT2D eigenvalue weighted by Crippen LogP contribution is 2.29. The molecule has 0 heterocycles. The van der Waals surface area contributed by atoms with E-state index in [9.17, 15) is 4.79 Å². The Kier molecular flexibility index (Phi) is 6.08. The lowest BCUT2D eigenvalue weighted by Crippen LogP contribution is -2.33. The Morgan fingerprint density at radius 1 is 1.26 bits per heavy atom. The number of anilines is 1. The van der Waals surface area contributed by atoms with Gasteiger partial charge in [-0.1, -0.05) is 0 Å². The maximum absolute atomic E-state index is 11.7. The van der Waals surface area contributed by atoms with Gasteiger partial charge in [-0.15, -0.1) is 0 Å². The first-order valence-electron chi connectivity index (χ1n) is 7.73. The molecule has 0 unspecified atom stereocenters. The number of guanidine groups is 1. The molecule has 0 spiro atoms. The summed E-state index contributed by atoms with van der Waals surface area (Å²) in [5.74, 6) is 1.77. The SMILES string of the molecule is CCNC(=NCC(=O)NC1CC1)Nc1ccc(OC)c(OC)c1. The Morgan fingerprint density at radius 2 is 2.00 bits per heavy atom. The zero-order chi connectivity index (χ0) is 16.7. The van der Waals surface area contributed by atoms with Crippen LogP contribution in [0.25, 0.3) is 0 Å². The summed E-state index contributed by atoms with van der Waals surface area (Å²) in [7, 11) is 3.18. The highest BCUT2D eigenvalue weighted by Gasteiger charge is 2.22. The van der Waals surface area contributed by atoms with E-state index in [0.717, 1.165) is 18.5 Å². The lowest BCUT2D eigenvalue weighted by molar-refractivity contribution is -0.119. The van der Waals surface area contributed by atoms with Gasteiger partial charge in [0.15, 0.2) is 17.5 Å². The van der Waals surface area contributed by atoms with Gasteiger partial charge in [0.2, 0.25) is 5.91 Å². The predicted molar refractivity (Wildman–Crippen MR) is 90.3 cm³/mol. The van der Waals surface area contributed by atoms with Crippen molar-refractivity contribution in [3.05, 3.63) is 18.2 Å². The summed E-state index contributed by atoms with van der Waals surface area (Å²) in [4.78, 5) is 16.0. The van der Waals surface area contributed by atoms with Crippen LogP contribution in [-0.2, 0) is 4.79 Å². The average molecular weight is 320 g/mol. The molecule has 0 bridgehead atoms. The number of benzene rings is 1. The third-order valence-electron chi connectivity index (χ3n) is 3.31. The summed E-state index contributed by atoms with van der Waals surface area (Å²) in [6.07, 6.45) is 2.14. The van der Waals surface area contributed by atoms with Crippen molar-refractivity contribution >= 4 is 17.6 Å². The van der Waals surface area contributed by atoms with Crippen LogP contribution >= 0.6 is 0 Å². The second kappa shape index (κ2) is 8.26. The molecule has 23 heavy (non-hydrogen) atoms. The molecule has 7 heteroatoms. The molecule has 1 aromatic rings. The standard InChI is InChI=1S/C16H24N4O3/c1-4-17-16(18-10-15(21)19-11-5-6-11)20-12-7-8-13(22-2)14(9-12)23-3/h7-9,11H,4-6,10H2,1-3H3,(H,19,21)(H2,17,18,20). The van der Waals surface area contributed by atoms with Gasteiger partial charge in [-0.25, -0.2) is 4.99 Å². The number of ether oxygens (including phenoxy) is 2. The fourth-order valence-electron chi connectivity index (χ4n) is 2.01. The van der Waals surface area contributed by atoms with E-state index in [1.807, 2.05) is 25.1 Å². The van der Waals surface area contributed by atoms with Crippen LogP contribution in [0.3, 0.4) is 0 Å². The Labute approximate surface area is 136 Å².